The van der Waals surface area contributed by atoms with Crippen molar-refractivity contribution >= 4 is 11.8 Å². The average Bonchev–Trinajstić information content (AvgIpc) is 2.45. The van der Waals surface area contributed by atoms with Crippen LogP contribution in [0.2, 0.25) is 0 Å². The van der Waals surface area contributed by atoms with Crippen molar-refractivity contribution < 1.29 is 22.8 Å². The first kappa shape index (κ1) is 19.0. The Hall–Kier alpha value is -2.05. The topological polar surface area (TPSA) is 58.2 Å². The number of alkyl halides is 3. The first-order valence-electron chi connectivity index (χ1n) is 7.45. The van der Waals surface area contributed by atoms with Crippen LogP contribution >= 0.6 is 0 Å². The van der Waals surface area contributed by atoms with E-state index < -0.39 is 17.8 Å². The Labute approximate surface area is 133 Å². The maximum Gasteiger partial charge on any atom is 0.416 e. The Balaban J connectivity index is 2.78. The Morgan fingerprint density at radius 2 is 1.96 bits per heavy atom. The second-order valence-corrected chi connectivity index (χ2v) is 5.26. The van der Waals surface area contributed by atoms with Crippen molar-refractivity contribution in [2.24, 2.45) is 0 Å². The SMILES string of the molecule is CCC[C@H](NC(=O)CCNC(C)=O)c1cccc(C(F)(F)F)c1. The summed E-state index contributed by atoms with van der Waals surface area (Å²) < 4.78 is 38.4. The first-order chi connectivity index (χ1) is 10.7. The molecule has 0 saturated heterocycles. The molecule has 128 valence electrons. The maximum atomic E-state index is 12.8. The molecule has 0 heterocycles. The summed E-state index contributed by atoms with van der Waals surface area (Å²) in [5, 5.41) is 5.23. The zero-order valence-electron chi connectivity index (χ0n) is 13.2. The number of rotatable bonds is 7. The minimum atomic E-state index is -4.41. The normalized spacial score (nSPS) is 12.6. The van der Waals surface area contributed by atoms with E-state index in [9.17, 15) is 22.8 Å². The predicted octanol–water partition coefficient (Wildman–Crippen LogP) is 3.19. The van der Waals surface area contributed by atoms with Gasteiger partial charge >= 0.3 is 6.18 Å². The minimum Gasteiger partial charge on any atom is -0.356 e. The molecule has 1 aromatic rings. The van der Waals surface area contributed by atoms with E-state index in [4.69, 9.17) is 0 Å². The van der Waals surface area contributed by atoms with Crippen LogP contribution in [0.4, 0.5) is 13.2 Å². The van der Waals surface area contributed by atoms with Gasteiger partial charge in [0.2, 0.25) is 11.8 Å². The van der Waals surface area contributed by atoms with Crippen LogP contribution in [0.1, 0.15) is 50.3 Å². The highest BCUT2D eigenvalue weighted by Crippen LogP contribution is 2.31. The summed E-state index contributed by atoms with van der Waals surface area (Å²) in [5.74, 6) is -0.546. The lowest BCUT2D eigenvalue weighted by Gasteiger charge is -2.20. The van der Waals surface area contributed by atoms with Gasteiger partial charge in [-0.05, 0) is 24.1 Å². The molecule has 0 aliphatic rings. The number of hydrogen-bond acceptors (Lipinski definition) is 2. The molecule has 0 radical (unpaired) electrons. The molecule has 2 N–H and O–H groups in total. The van der Waals surface area contributed by atoms with E-state index in [-0.39, 0.29) is 24.8 Å². The van der Waals surface area contributed by atoms with Crippen molar-refractivity contribution in [1.29, 1.82) is 0 Å². The molecule has 1 aromatic carbocycles. The van der Waals surface area contributed by atoms with Crippen molar-refractivity contribution in [1.82, 2.24) is 10.6 Å². The lowest BCUT2D eigenvalue weighted by atomic mass is 9.99. The summed E-state index contributed by atoms with van der Waals surface area (Å²) in [5.41, 5.74) is -0.307. The summed E-state index contributed by atoms with van der Waals surface area (Å²) in [6.07, 6.45) is -3.08. The third-order valence-corrected chi connectivity index (χ3v) is 3.25. The number of amides is 2. The zero-order chi connectivity index (χ0) is 17.5. The molecule has 1 rings (SSSR count). The number of hydrogen-bond donors (Lipinski definition) is 2. The van der Waals surface area contributed by atoms with Gasteiger partial charge in [0.1, 0.15) is 0 Å². The number of carbonyl (C=O) groups excluding carboxylic acids is 2. The molecule has 4 nitrogen and oxygen atoms in total. The second-order valence-electron chi connectivity index (χ2n) is 5.26. The molecule has 0 bridgehead atoms. The smallest absolute Gasteiger partial charge is 0.356 e. The molecular weight excluding hydrogens is 309 g/mol. The van der Waals surface area contributed by atoms with E-state index in [0.29, 0.717) is 18.4 Å². The van der Waals surface area contributed by atoms with Gasteiger partial charge in [-0.3, -0.25) is 9.59 Å². The fourth-order valence-electron chi connectivity index (χ4n) is 2.16. The Morgan fingerprint density at radius 3 is 2.52 bits per heavy atom. The van der Waals surface area contributed by atoms with Crippen molar-refractivity contribution in [2.45, 2.75) is 45.3 Å². The number of benzene rings is 1. The molecule has 0 aromatic heterocycles. The fourth-order valence-corrected chi connectivity index (χ4v) is 2.16. The van der Waals surface area contributed by atoms with Crippen LogP contribution < -0.4 is 10.6 Å². The summed E-state index contributed by atoms with van der Waals surface area (Å²) in [7, 11) is 0. The lowest BCUT2D eigenvalue weighted by Crippen LogP contribution is -2.32. The third kappa shape index (κ3) is 6.71. The first-order valence-corrected chi connectivity index (χ1v) is 7.45. The van der Waals surface area contributed by atoms with Crippen LogP contribution in [0.15, 0.2) is 24.3 Å². The van der Waals surface area contributed by atoms with E-state index in [1.165, 1.54) is 13.0 Å². The largest absolute Gasteiger partial charge is 0.416 e. The van der Waals surface area contributed by atoms with Crippen molar-refractivity contribution in [2.75, 3.05) is 6.54 Å². The van der Waals surface area contributed by atoms with Crippen LogP contribution in [0.5, 0.6) is 0 Å². The van der Waals surface area contributed by atoms with Crippen molar-refractivity contribution in [3.8, 4) is 0 Å². The quantitative estimate of drug-likeness (QED) is 0.807. The molecule has 2 amide bonds. The fraction of sp³-hybridized carbons (Fsp3) is 0.500. The highest BCUT2D eigenvalue weighted by Gasteiger charge is 2.31. The molecular formula is C16H21F3N2O2. The maximum absolute atomic E-state index is 12.8. The number of carbonyl (C=O) groups is 2. The molecule has 1 atom stereocenters. The monoisotopic (exact) mass is 330 g/mol. The Bertz CT molecular complexity index is 544. The highest BCUT2D eigenvalue weighted by molar-refractivity contribution is 5.78. The summed E-state index contributed by atoms with van der Waals surface area (Å²) >= 11 is 0. The Morgan fingerprint density at radius 1 is 1.26 bits per heavy atom. The van der Waals surface area contributed by atoms with Crippen LogP contribution in [-0.4, -0.2) is 18.4 Å². The average molecular weight is 330 g/mol. The van der Waals surface area contributed by atoms with E-state index in [1.807, 2.05) is 6.92 Å². The summed E-state index contributed by atoms with van der Waals surface area (Å²) in [6.45, 7) is 3.44. The van der Waals surface area contributed by atoms with Crippen LogP contribution in [0.3, 0.4) is 0 Å². The summed E-state index contributed by atoms with van der Waals surface area (Å²) in [4.78, 5) is 22.6. The van der Waals surface area contributed by atoms with Gasteiger partial charge in [0.05, 0.1) is 11.6 Å². The van der Waals surface area contributed by atoms with E-state index in [2.05, 4.69) is 10.6 Å². The van der Waals surface area contributed by atoms with Crippen LogP contribution in [0, 0.1) is 0 Å². The van der Waals surface area contributed by atoms with Crippen molar-refractivity contribution in [3.05, 3.63) is 35.4 Å². The van der Waals surface area contributed by atoms with E-state index in [1.54, 1.807) is 6.07 Å². The minimum absolute atomic E-state index is 0.0821. The van der Waals surface area contributed by atoms with Crippen LogP contribution in [-0.2, 0) is 15.8 Å². The third-order valence-electron chi connectivity index (χ3n) is 3.25. The second kappa shape index (κ2) is 8.55. The molecule has 23 heavy (non-hydrogen) atoms. The number of halogens is 3. The van der Waals surface area contributed by atoms with Crippen LogP contribution in [0.25, 0.3) is 0 Å². The number of nitrogens with one attached hydrogen (secondary N) is 2. The molecule has 0 unspecified atom stereocenters. The standard InChI is InChI=1S/C16H21F3N2O2/c1-3-5-14(21-15(23)8-9-20-11(2)22)12-6-4-7-13(10-12)16(17,18)19/h4,6-7,10,14H,3,5,8-9H2,1-2H3,(H,20,22)(H,21,23)/t14-/m0/s1. The molecule has 7 heteroatoms. The molecule has 0 aliphatic heterocycles. The van der Waals surface area contributed by atoms with E-state index in [0.717, 1.165) is 12.1 Å². The molecule has 0 spiro atoms. The van der Waals surface area contributed by atoms with E-state index >= 15 is 0 Å². The van der Waals surface area contributed by atoms with Gasteiger partial charge < -0.3 is 10.6 Å². The van der Waals surface area contributed by atoms with Gasteiger partial charge in [-0.1, -0.05) is 25.5 Å². The molecule has 0 saturated carbocycles. The lowest BCUT2D eigenvalue weighted by molar-refractivity contribution is -0.137. The van der Waals surface area contributed by atoms with Gasteiger partial charge in [0, 0.05) is 19.9 Å². The zero-order valence-corrected chi connectivity index (χ0v) is 13.2. The highest BCUT2D eigenvalue weighted by atomic mass is 19.4. The Kier molecular flexibility index (Phi) is 7.06. The predicted molar refractivity (Wildman–Crippen MR) is 80.5 cm³/mol. The van der Waals surface area contributed by atoms with Crippen molar-refractivity contribution in [3.63, 3.8) is 0 Å². The van der Waals surface area contributed by atoms with Gasteiger partial charge in [0.15, 0.2) is 0 Å². The van der Waals surface area contributed by atoms with Gasteiger partial charge in [-0.2, -0.15) is 13.2 Å². The van der Waals surface area contributed by atoms with Gasteiger partial charge in [-0.25, -0.2) is 0 Å². The molecule has 0 fully saturated rings. The van der Waals surface area contributed by atoms with Gasteiger partial charge in [-0.15, -0.1) is 0 Å². The van der Waals surface area contributed by atoms with Gasteiger partial charge in [0.25, 0.3) is 0 Å². The summed E-state index contributed by atoms with van der Waals surface area (Å²) in [6, 6.07) is 4.50. The molecule has 0 aliphatic carbocycles.